The van der Waals surface area contributed by atoms with Gasteiger partial charge in [0.15, 0.2) is 5.13 Å². The van der Waals surface area contributed by atoms with Crippen LogP contribution in [-0.4, -0.2) is 11.0 Å². The van der Waals surface area contributed by atoms with Gasteiger partial charge in [-0.2, -0.15) is 5.26 Å². The van der Waals surface area contributed by atoms with Crippen LogP contribution in [0.4, 0.5) is 15.6 Å². The first-order chi connectivity index (χ1) is 11.0. The molecule has 0 atom stereocenters. The Balaban J connectivity index is 1.76. The van der Waals surface area contributed by atoms with Crippen molar-refractivity contribution in [1.82, 2.24) is 4.98 Å². The number of nitriles is 1. The first-order valence-electron chi connectivity index (χ1n) is 6.69. The second-order valence-corrected chi connectivity index (χ2v) is 6.38. The fourth-order valence-corrected chi connectivity index (χ4v) is 3.27. The van der Waals surface area contributed by atoms with Gasteiger partial charge in [0.1, 0.15) is 0 Å². The highest BCUT2D eigenvalue weighted by molar-refractivity contribution is 7.22. The highest BCUT2D eigenvalue weighted by atomic mass is 35.5. The van der Waals surface area contributed by atoms with E-state index in [1.807, 2.05) is 31.2 Å². The number of hydrogen-bond acceptors (Lipinski definition) is 4. The smallest absolute Gasteiger partial charge is 0.308 e. The molecule has 0 radical (unpaired) electrons. The van der Waals surface area contributed by atoms with Crippen LogP contribution in [0, 0.1) is 18.3 Å². The first-order valence-corrected chi connectivity index (χ1v) is 7.89. The number of carbonyl (C=O) groups is 1. The van der Waals surface area contributed by atoms with E-state index in [-0.39, 0.29) is 0 Å². The van der Waals surface area contributed by atoms with Crippen molar-refractivity contribution in [3.63, 3.8) is 0 Å². The zero-order chi connectivity index (χ0) is 16.4. The third kappa shape index (κ3) is 3.59. The number of thiazole rings is 1. The number of aromatic nitrogens is 1. The van der Waals surface area contributed by atoms with Crippen LogP contribution in [0.25, 0.3) is 10.2 Å². The van der Waals surface area contributed by atoms with Crippen molar-refractivity contribution in [2.75, 3.05) is 10.6 Å². The van der Waals surface area contributed by atoms with E-state index in [9.17, 15) is 4.79 Å². The molecule has 5 nitrogen and oxygen atoms in total. The molecule has 0 saturated carbocycles. The maximum absolute atomic E-state index is 12.1. The van der Waals surface area contributed by atoms with Crippen molar-refractivity contribution in [1.29, 1.82) is 5.26 Å². The van der Waals surface area contributed by atoms with E-state index in [1.54, 1.807) is 12.1 Å². The second kappa shape index (κ2) is 6.24. The number of fused-ring (bicyclic) bond motifs is 1. The summed E-state index contributed by atoms with van der Waals surface area (Å²) in [6.07, 6.45) is 0. The molecule has 7 heteroatoms. The second-order valence-electron chi connectivity index (χ2n) is 4.91. The van der Waals surface area contributed by atoms with Crippen LogP contribution in [0.1, 0.15) is 11.1 Å². The summed E-state index contributed by atoms with van der Waals surface area (Å²) in [6.45, 7) is 2.00. The van der Waals surface area contributed by atoms with Crippen LogP contribution in [0.5, 0.6) is 0 Å². The summed E-state index contributed by atoms with van der Waals surface area (Å²) in [4.78, 5) is 16.4. The number of nitrogens with zero attached hydrogens (tertiary/aromatic N) is 2. The minimum Gasteiger partial charge on any atom is -0.308 e. The summed E-state index contributed by atoms with van der Waals surface area (Å²) in [6, 6.07) is 12.1. The molecule has 0 aliphatic rings. The van der Waals surface area contributed by atoms with Crippen molar-refractivity contribution >= 4 is 50.0 Å². The molecule has 3 rings (SSSR count). The number of nitrogens with one attached hydrogen (secondary N) is 2. The van der Waals surface area contributed by atoms with Gasteiger partial charge in [-0.1, -0.05) is 29.0 Å². The zero-order valence-electron chi connectivity index (χ0n) is 12.1. The molecule has 0 aliphatic carbocycles. The normalized spacial score (nSPS) is 10.3. The monoisotopic (exact) mass is 342 g/mol. The molecule has 0 saturated heterocycles. The van der Waals surface area contributed by atoms with Crippen LogP contribution in [0.2, 0.25) is 5.02 Å². The van der Waals surface area contributed by atoms with Crippen molar-refractivity contribution in [2.24, 2.45) is 0 Å². The van der Waals surface area contributed by atoms with Gasteiger partial charge in [0.2, 0.25) is 0 Å². The number of carbonyl (C=O) groups excluding carboxylic acids is 1. The van der Waals surface area contributed by atoms with Crippen LogP contribution in [0.15, 0.2) is 36.4 Å². The van der Waals surface area contributed by atoms with Gasteiger partial charge in [-0.05, 0) is 42.8 Å². The quantitative estimate of drug-likeness (QED) is 0.703. The Morgan fingerprint density at radius 3 is 2.87 bits per heavy atom. The van der Waals surface area contributed by atoms with Crippen molar-refractivity contribution in [3.8, 4) is 6.07 Å². The zero-order valence-corrected chi connectivity index (χ0v) is 13.6. The minimum atomic E-state index is -0.438. The maximum Gasteiger partial charge on any atom is 0.325 e. The van der Waals surface area contributed by atoms with E-state index in [1.165, 1.54) is 17.4 Å². The van der Waals surface area contributed by atoms with Crippen LogP contribution < -0.4 is 10.6 Å². The minimum absolute atomic E-state index is 0.378. The van der Waals surface area contributed by atoms with Gasteiger partial charge in [0.25, 0.3) is 0 Å². The first kappa shape index (κ1) is 15.3. The van der Waals surface area contributed by atoms with Gasteiger partial charge in [-0.15, -0.1) is 0 Å². The summed E-state index contributed by atoms with van der Waals surface area (Å²) in [5.74, 6) is 0. The summed E-state index contributed by atoms with van der Waals surface area (Å²) >= 11 is 7.31. The van der Waals surface area contributed by atoms with Gasteiger partial charge in [-0.3, -0.25) is 5.32 Å². The van der Waals surface area contributed by atoms with Gasteiger partial charge < -0.3 is 5.32 Å². The van der Waals surface area contributed by atoms with Crippen LogP contribution in [0.3, 0.4) is 0 Å². The number of anilines is 2. The van der Waals surface area contributed by atoms with E-state index < -0.39 is 6.03 Å². The lowest BCUT2D eigenvalue weighted by molar-refractivity contribution is 0.262. The summed E-state index contributed by atoms with van der Waals surface area (Å²) in [7, 11) is 0. The van der Waals surface area contributed by atoms with Gasteiger partial charge in [0.05, 0.1) is 21.8 Å². The number of amides is 2. The van der Waals surface area contributed by atoms with Crippen molar-refractivity contribution in [2.45, 2.75) is 6.92 Å². The number of halogens is 1. The number of urea groups is 1. The molecule has 0 spiro atoms. The third-order valence-electron chi connectivity index (χ3n) is 3.05. The Morgan fingerprint density at radius 1 is 1.26 bits per heavy atom. The van der Waals surface area contributed by atoms with Gasteiger partial charge in [0, 0.05) is 10.7 Å². The van der Waals surface area contributed by atoms with Crippen LogP contribution in [-0.2, 0) is 0 Å². The summed E-state index contributed by atoms with van der Waals surface area (Å²) < 4.78 is 1.01. The Hall–Kier alpha value is -2.62. The SMILES string of the molecule is Cc1ccc2nc(NC(=O)Nc3cc(Cl)cc(C#N)c3)sc2c1. The molecular formula is C16H11ClN4OS. The Morgan fingerprint density at radius 2 is 2.09 bits per heavy atom. The van der Waals surface area contributed by atoms with Crippen LogP contribution >= 0.6 is 22.9 Å². The Kier molecular flexibility index (Phi) is 4.15. The molecule has 2 N–H and O–H groups in total. The lowest BCUT2D eigenvalue weighted by Gasteiger charge is -2.06. The topological polar surface area (TPSA) is 77.8 Å². The molecule has 1 aromatic heterocycles. The van der Waals surface area contributed by atoms with Gasteiger partial charge in [-0.25, -0.2) is 9.78 Å². The standard InChI is InChI=1S/C16H11ClN4OS/c1-9-2-3-13-14(4-9)23-16(20-13)21-15(22)19-12-6-10(8-18)5-11(17)7-12/h2-7H,1H3,(H2,19,20,21,22). The lowest BCUT2D eigenvalue weighted by Crippen LogP contribution is -2.19. The van der Waals surface area contributed by atoms with E-state index in [0.717, 1.165) is 15.8 Å². The average molecular weight is 343 g/mol. The van der Waals surface area contributed by atoms with Crippen molar-refractivity contribution in [3.05, 3.63) is 52.5 Å². The molecule has 2 amide bonds. The molecule has 3 aromatic rings. The maximum atomic E-state index is 12.1. The van der Waals surface area contributed by atoms with E-state index >= 15 is 0 Å². The molecule has 114 valence electrons. The largest absolute Gasteiger partial charge is 0.325 e. The fourth-order valence-electron chi connectivity index (χ4n) is 2.07. The van der Waals surface area contributed by atoms with Gasteiger partial charge >= 0.3 is 6.03 Å². The predicted octanol–water partition coefficient (Wildman–Crippen LogP) is 4.77. The fraction of sp³-hybridized carbons (Fsp3) is 0.0625. The number of aryl methyl sites for hydroxylation is 1. The van der Waals surface area contributed by atoms with E-state index in [2.05, 4.69) is 15.6 Å². The van der Waals surface area contributed by atoms with Crippen molar-refractivity contribution < 1.29 is 4.79 Å². The molecular weight excluding hydrogens is 332 g/mol. The average Bonchev–Trinajstić information content (AvgIpc) is 2.87. The Labute approximate surface area is 141 Å². The highest BCUT2D eigenvalue weighted by Gasteiger charge is 2.09. The molecule has 1 heterocycles. The third-order valence-corrected chi connectivity index (χ3v) is 4.20. The molecule has 23 heavy (non-hydrogen) atoms. The summed E-state index contributed by atoms with van der Waals surface area (Å²) in [5, 5.41) is 15.1. The Bertz CT molecular complexity index is 945. The highest BCUT2D eigenvalue weighted by Crippen LogP contribution is 2.27. The number of benzene rings is 2. The number of rotatable bonds is 2. The number of hydrogen-bond donors (Lipinski definition) is 2. The lowest BCUT2D eigenvalue weighted by atomic mass is 10.2. The molecule has 2 aromatic carbocycles. The van der Waals surface area contributed by atoms with E-state index in [0.29, 0.717) is 21.4 Å². The molecule has 0 fully saturated rings. The molecule has 0 aliphatic heterocycles. The predicted molar refractivity (Wildman–Crippen MR) is 93.2 cm³/mol. The van der Waals surface area contributed by atoms with E-state index in [4.69, 9.17) is 16.9 Å². The summed E-state index contributed by atoms with van der Waals surface area (Å²) in [5.41, 5.74) is 2.80. The molecule has 0 unspecified atom stereocenters. The molecule has 0 bridgehead atoms.